The average Bonchev–Trinajstić information content (AvgIpc) is 2.34. The van der Waals surface area contributed by atoms with Gasteiger partial charge >= 0.3 is 0 Å². The fourth-order valence-corrected chi connectivity index (χ4v) is 0.902. The van der Waals surface area contributed by atoms with E-state index in [1.807, 2.05) is 0 Å². The zero-order chi connectivity index (χ0) is 7.56. The van der Waals surface area contributed by atoms with Crippen LogP contribution in [-0.4, -0.2) is 11.8 Å². The molecule has 10 heavy (non-hydrogen) atoms. The molecule has 2 nitrogen and oxygen atoms in total. The Morgan fingerprint density at radius 3 is 2.80 bits per heavy atom. The summed E-state index contributed by atoms with van der Waals surface area (Å²) in [5.41, 5.74) is 0. The lowest BCUT2D eigenvalue weighted by molar-refractivity contribution is 0.117. The maximum absolute atomic E-state index is 11.8. The molecule has 0 aliphatic heterocycles. The van der Waals surface area contributed by atoms with Crippen LogP contribution in [0.5, 0.6) is 0 Å². The van der Waals surface area contributed by atoms with Crippen molar-refractivity contribution >= 4 is 15.9 Å². The van der Waals surface area contributed by atoms with E-state index in [2.05, 4.69) is 15.9 Å². The van der Waals surface area contributed by atoms with E-state index < -0.39 is 12.8 Å². The van der Waals surface area contributed by atoms with Crippen molar-refractivity contribution in [3.8, 4) is 0 Å². The van der Waals surface area contributed by atoms with Gasteiger partial charge in [-0.1, -0.05) is 0 Å². The average molecular weight is 209 g/mol. The summed E-state index contributed by atoms with van der Waals surface area (Å²) in [7, 11) is 0. The number of alkyl halides is 1. The van der Waals surface area contributed by atoms with Crippen molar-refractivity contribution in [2.45, 2.75) is 6.10 Å². The lowest BCUT2D eigenvalue weighted by Gasteiger charge is -1.98. The van der Waals surface area contributed by atoms with Crippen molar-refractivity contribution in [3.63, 3.8) is 0 Å². The first-order valence-electron chi connectivity index (χ1n) is 2.73. The molecule has 1 unspecified atom stereocenters. The van der Waals surface area contributed by atoms with E-state index in [1.165, 1.54) is 6.07 Å². The van der Waals surface area contributed by atoms with Gasteiger partial charge in [0.25, 0.3) is 0 Å². The normalized spacial score (nSPS) is 13.5. The van der Waals surface area contributed by atoms with Gasteiger partial charge in [0, 0.05) is 0 Å². The van der Waals surface area contributed by atoms with E-state index >= 15 is 0 Å². The van der Waals surface area contributed by atoms with E-state index in [-0.39, 0.29) is 5.76 Å². The van der Waals surface area contributed by atoms with Crippen molar-refractivity contribution in [1.82, 2.24) is 0 Å². The van der Waals surface area contributed by atoms with Crippen LogP contribution in [0.1, 0.15) is 11.9 Å². The molecule has 56 valence electrons. The summed E-state index contributed by atoms with van der Waals surface area (Å²) < 4.78 is 17.1. The van der Waals surface area contributed by atoms with E-state index in [1.54, 1.807) is 6.07 Å². The largest absolute Gasteiger partial charge is 0.452 e. The van der Waals surface area contributed by atoms with Crippen molar-refractivity contribution in [2.24, 2.45) is 0 Å². The summed E-state index contributed by atoms with van der Waals surface area (Å²) in [4.78, 5) is 0. The van der Waals surface area contributed by atoms with Gasteiger partial charge in [-0.3, -0.25) is 0 Å². The highest BCUT2D eigenvalue weighted by Gasteiger charge is 2.10. The van der Waals surface area contributed by atoms with Crippen LogP contribution in [-0.2, 0) is 0 Å². The Kier molecular flexibility index (Phi) is 2.45. The summed E-state index contributed by atoms with van der Waals surface area (Å²) in [5, 5.41) is 8.85. The standard InChI is InChI=1S/C6H6BrFO2/c7-6-2-1-5(10-6)4(9)3-8/h1-2,4,9H,3H2. The van der Waals surface area contributed by atoms with E-state index in [9.17, 15) is 4.39 Å². The first-order valence-corrected chi connectivity index (χ1v) is 3.52. The highest BCUT2D eigenvalue weighted by molar-refractivity contribution is 9.10. The molecule has 0 fully saturated rings. The molecule has 0 amide bonds. The summed E-state index contributed by atoms with van der Waals surface area (Å²) in [5.74, 6) is 0.245. The second-order valence-corrected chi connectivity index (χ2v) is 2.59. The number of halogens is 2. The lowest BCUT2D eigenvalue weighted by atomic mass is 10.3. The predicted molar refractivity (Wildman–Crippen MR) is 37.3 cm³/mol. The Hall–Kier alpha value is -0.350. The fourth-order valence-electron chi connectivity index (χ4n) is 0.583. The molecule has 0 aliphatic carbocycles. The maximum Gasteiger partial charge on any atom is 0.169 e. The maximum atomic E-state index is 11.8. The monoisotopic (exact) mass is 208 g/mol. The minimum Gasteiger partial charge on any atom is -0.452 e. The molecule has 0 bridgehead atoms. The van der Waals surface area contributed by atoms with Crippen molar-refractivity contribution in [1.29, 1.82) is 0 Å². The first kappa shape index (κ1) is 7.75. The third-order valence-electron chi connectivity index (χ3n) is 1.07. The van der Waals surface area contributed by atoms with E-state index in [4.69, 9.17) is 9.52 Å². The first-order chi connectivity index (χ1) is 4.74. The highest BCUT2D eigenvalue weighted by Crippen LogP contribution is 2.20. The van der Waals surface area contributed by atoms with Gasteiger partial charge in [-0.25, -0.2) is 4.39 Å². The third kappa shape index (κ3) is 1.58. The van der Waals surface area contributed by atoms with Gasteiger partial charge in [0.2, 0.25) is 0 Å². The number of hydrogen-bond donors (Lipinski definition) is 1. The van der Waals surface area contributed by atoms with Gasteiger partial charge in [-0.15, -0.1) is 0 Å². The molecule has 0 saturated heterocycles. The molecule has 0 radical (unpaired) electrons. The molecule has 1 aromatic rings. The molecule has 1 heterocycles. The molecule has 0 aliphatic rings. The highest BCUT2D eigenvalue weighted by atomic mass is 79.9. The summed E-state index contributed by atoms with van der Waals surface area (Å²) in [6.07, 6.45) is -1.13. The van der Waals surface area contributed by atoms with Crippen LogP contribution in [0, 0.1) is 0 Å². The number of aliphatic hydroxyl groups is 1. The second kappa shape index (κ2) is 3.16. The van der Waals surface area contributed by atoms with Crippen LogP contribution in [0.25, 0.3) is 0 Å². The van der Waals surface area contributed by atoms with Crippen LogP contribution < -0.4 is 0 Å². The summed E-state index contributed by atoms with van der Waals surface area (Å²) in [6.45, 7) is -0.819. The van der Waals surface area contributed by atoms with Crippen LogP contribution in [0.15, 0.2) is 21.2 Å². The van der Waals surface area contributed by atoms with Gasteiger partial charge in [0.15, 0.2) is 4.67 Å². The molecule has 4 heteroatoms. The third-order valence-corrected chi connectivity index (χ3v) is 1.49. The molecular weight excluding hydrogens is 203 g/mol. The molecular formula is C6H6BrFO2. The van der Waals surface area contributed by atoms with Gasteiger partial charge in [-0.05, 0) is 28.1 Å². The zero-order valence-corrected chi connectivity index (χ0v) is 6.64. The number of hydrogen-bond acceptors (Lipinski definition) is 2. The number of furan rings is 1. The predicted octanol–water partition coefficient (Wildman–Crippen LogP) is 2.04. The Morgan fingerprint density at radius 2 is 2.40 bits per heavy atom. The fraction of sp³-hybridized carbons (Fsp3) is 0.333. The van der Waals surface area contributed by atoms with Crippen LogP contribution in [0.2, 0.25) is 0 Å². The lowest BCUT2D eigenvalue weighted by Crippen LogP contribution is -1.96. The SMILES string of the molecule is OC(CF)c1ccc(Br)o1. The summed E-state index contributed by atoms with van der Waals surface area (Å²) >= 11 is 3.03. The Balaban J connectivity index is 2.74. The Labute approximate surface area is 65.8 Å². The Morgan fingerprint density at radius 1 is 1.70 bits per heavy atom. The minimum absolute atomic E-state index is 0.245. The number of rotatable bonds is 2. The molecule has 1 N–H and O–H groups in total. The Bertz CT molecular complexity index is 211. The van der Waals surface area contributed by atoms with Gasteiger partial charge in [-0.2, -0.15) is 0 Å². The van der Waals surface area contributed by atoms with E-state index in [0.717, 1.165) is 0 Å². The van der Waals surface area contributed by atoms with Gasteiger partial charge in [0.05, 0.1) is 0 Å². The van der Waals surface area contributed by atoms with Gasteiger partial charge in [0.1, 0.15) is 18.5 Å². The van der Waals surface area contributed by atoms with Crippen LogP contribution >= 0.6 is 15.9 Å². The molecule has 1 rings (SSSR count). The second-order valence-electron chi connectivity index (χ2n) is 1.81. The molecule has 0 saturated carbocycles. The smallest absolute Gasteiger partial charge is 0.169 e. The topological polar surface area (TPSA) is 33.4 Å². The molecule has 0 spiro atoms. The minimum atomic E-state index is -1.13. The van der Waals surface area contributed by atoms with Crippen molar-refractivity contribution in [3.05, 3.63) is 22.6 Å². The molecule has 1 aromatic heterocycles. The molecule has 1 atom stereocenters. The number of aliphatic hydroxyl groups excluding tert-OH is 1. The van der Waals surface area contributed by atoms with Gasteiger partial charge < -0.3 is 9.52 Å². The zero-order valence-electron chi connectivity index (χ0n) is 5.05. The van der Waals surface area contributed by atoms with Crippen LogP contribution in [0.3, 0.4) is 0 Å². The molecule has 0 aromatic carbocycles. The van der Waals surface area contributed by atoms with E-state index in [0.29, 0.717) is 4.67 Å². The van der Waals surface area contributed by atoms with Crippen molar-refractivity contribution < 1.29 is 13.9 Å². The van der Waals surface area contributed by atoms with Crippen molar-refractivity contribution in [2.75, 3.05) is 6.67 Å². The summed E-state index contributed by atoms with van der Waals surface area (Å²) in [6, 6.07) is 3.13. The van der Waals surface area contributed by atoms with Crippen LogP contribution in [0.4, 0.5) is 4.39 Å². The quantitative estimate of drug-likeness (QED) is 0.808.